The largest absolute Gasteiger partial charge is 0.478 e. The molecule has 0 saturated carbocycles. The van der Waals surface area contributed by atoms with Gasteiger partial charge in [-0.25, -0.2) is 14.8 Å². The summed E-state index contributed by atoms with van der Waals surface area (Å²) in [6.07, 6.45) is 2.95. The Balaban J connectivity index is 1.50. The Morgan fingerprint density at radius 1 is 1.00 bits per heavy atom. The molecule has 182 valence electrons. The Kier molecular flexibility index (Phi) is 6.38. The smallest absolute Gasteiger partial charge is 0.336 e. The van der Waals surface area contributed by atoms with Gasteiger partial charge in [-0.05, 0) is 46.9 Å². The molecule has 1 amide bonds. The van der Waals surface area contributed by atoms with E-state index in [-0.39, 0.29) is 5.91 Å². The molecule has 1 aliphatic heterocycles. The van der Waals surface area contributed by atoms with Crippen LogP contribution in [0.3, 0.4) is 0 Å². The van der Waals surface area contributed by atoms with E-state index in [4.69, 9.17) is 4.98 Å². The predicted molar refractivity (Wildman–Crippen MR) is 140 cm³/mol. The number of carbonyl (C=O) groups is 2. The first-order valence-corrected chi connectivity index (χ1v) is 12.2. The van der Waals surface area contributed by atoms with Gasteiger partial charge in [0, 0.05) is 32.9 Å². The van der Waals surface area contributed by atoms with E-state index in [1.807, 2.05) is 48.5 Å². The lowest BCUT2D eigenvalue weighted by Crippen LogP contribution is -2.28. The molecule has 0 atom stereocenters. The van der Waals surface area contributed by atoms with Crippen LogP contribution in [0, 0.1) is 0 Å². The maximum atomic E-state index is 11.9. The van der Waals surface area contributed by atoms with Crippen LogP contribution in [0.4, 0.5) is 0 Å². The van der Waals surface area contributed by atoms with Crippen LogP contribution in [-0.4, -0.2) is 44.3 Å². The molecule has 1 N–H and O–H groups in total. The number of rotatable bonds is 7. The van der Waals surface area contributed by atoms with Crippen LogP contribution >= 0.6 is 0 Å². The van der Waals surface area contributed by atoms with Gasteiger partial charge in [0.05, 0.1) is 22.3 Å². The van der Waals surface area contributed by atoms with Crippen LogP contribution in [0.1, 0.15) is 53.5 Å². The molecule has 1 aromatic heterocycles. The highest BCUT2D eigenvalue weighted by Gasteiger charge is 2.20. The third-order valence-corrected chi connectivity index (χ3v) is 6.60. The molecule has 0 aliphatic carbocycles. The van der Waals surface area contributed by atoms with Gasteiger partial charge >= 0.3 is 5.97 Å². The van der Waals surface area contributed by atoms with Crippen molar-refractivity contribution in [2.75, 3.05) is 7.05 Å². The first-order chi connectivity index (χ1) is 17.4. The molecule has 0 radical (unpaired) electrons. The average molecular weight is 481 g/mol. The first kappa shape index (κ1) is 23.5. The van der Waals surface area contributed by atoms with Crippen molar-refractivity contribution in [3.63, 3.8) is 0 Å². The van der Waals surface area contributed by atoms with Gasteiger partial charge in [-0.2, -0.15) is 5.10 Å². The van der Waals surface area contributed by atoms with Gasteiger partial charge in [0.1, 0.15) is 5.82 Å². The molecule has 7 nitrogen and oxygen atoms in total. The van der Waals surface area contributed by atoms with Crippen molar-refractivity contribution in [3.05, 3.63) is 89.2 Å². The second-order valence-corrected chi connectivity index (χ2v) is 9.08. The molecule has 0 unspecified atom stereocenters. The number of amides is 1. The lowest BCUT2D eigenvalue weighted by Gasteiger charge is -2.19. The van der Waals surface area contributed by atoms with Crippen LogP contribution in [0.25, 0.3) is 22.2 Å². The number of carbonyl (C=O) groups excluding carboxylic acids is 1. The van der Waals surface area contributed by atoms with Gasteiger partial charge in [0.25, 0.3) is 0 Å². The average Bonchev–Trinajstić information content (AvgIpc) is 3.22. The van der Waals surface area contributed by atoms with E-state index < -0.39 is 5.97 Å². The summed E-state index contributed by atoms with van der Waals surface area (Å²) in [6.45, 7) is 2.80. The molecule has 0 saturated heterocycles. The number of aromatic nitrogens is 2. The molecule has 5 rings (SSSR count). The van der Waals surface area contributed by atoms with Crippen molar-refractivity contribution < 1.29 is 14.7 Å². The summed E-state index contributed by atoms with van der Waals surface area (Å²) < 4.78 is 2.25. The van der Waals surface area contributed by atoms with Crippen LogP contribution < -0.4 is 0 Å². The zero-order valence-corrected chi connectivity index (χ0v) is 20.4. The minimum absolute atomic E-state index is 0.0320. The quantitative estimate of drug-likeness (QED) is 0.386. The number of benzene rings is 3. The summed E-state index contributed by atoms with van der Waals surface area (Å²) in [4.78, 5) is 28.4. The molecular weight excluding hydrogens is 452 g/mol. The summed E-state index contributed by atoms with van der Waals surface area (Å²) in [5.41, 5.74) is 6.87. The standard InChI is InChI=1S/C29H28N4O3/c1-3-6-27-30-25-14-13-21(24-15-16-28(34)32(2)31-24)17-26(25)33(27)18-19-9-11-20(12-10-19)22-7-4-5-8-23(22)29(35)36/h4-5,7-14,17H,3,6,15-16,18H2,1-2H3,(H,35,36). The minimum Gasteiger partial charge on any atom is -0.478 e. The first-order valence-electron chi connectivity index (χ1n) is 12.2. The monoisotopic (exact) mass is 480 g/mol. The zero-order valence-electron chi connectivity index (χ0n) is 20.4. The van der Waals surface area contributed by atoms with Crippen LogP contribution in [0.2, 0.25) is 0 Å². The number of aromatic carboxylic acids is 1. The summed E-state index contributed by atoms with van der Waals surface area (Å²) in [5, 5.41) is 15.4. The summed E-state index contributed by atoms with van der Waals surface area (Å²) in [6, 6.07) is 21.3. The van der Waals surface area contributed by atoms with Crippen molar-refractivity contribution in [1.82, 2.24) is 14.6 Å². The fourth-order valence-corrected chi connectivity index (χ4v) is 4.71. The van der Waals surface area contributed by atoms with E-state index in [1.54, 1.807) is 19.2 Å². The summed E-state index contributed by atoms with van der Waals surface area (Å²) >= 11 is 0. The van der Waals surface area contributed by atoms with E-state index in [2.05, 4.69) is 22.7 Å². The van der Waals surface area contributed by atoms with Gasteiger partial charge in [0.15, 0.2) is 0 Å². The molecule has 0 bridgehead atoms. The molecule has 4 aromatic rings. The lowest BCUT2D eigenvalue weighted by atomic mass is 9.98. The SMILES string of the molecule is CCCc1nc2ccc(C3=NN(C)C(=O)CC3)cc2n1Cc1ccc(-c2ccccc2C(=O)O)cc1. The molecule has 2 heterocycles. The number of aryl methyl sites for hydroxylation is 1. The second kappa shape index (κ2) is 9.77. The van der Waals surface area contributed by atoms with E-state index in [0.29, 0.717) is 30.5 Å². The van der Waals surface area contributed by atoms with Crippen molar-refractivity contribution in [2.24, 2.45) is 5.10 Å². The highest BCUT2D eigenvalue weighted by molar-refractivity contribution is 6.05. The van der Waals surface area contributed by atoms with Crippen LogP contribution in [-0.2, 0) is 17.8 Å². The van der Waals surface area contributed by atoms with Crippen molar-refractivity contribution in [3.8, 4) is 11.1 Å². The molecule has 3 aromatic carbocycles. The van der Waals surface area contributed by atoms with Gasteiger partial charge in [0.2, 0.25) is 5.91 Å². The summed E-state index contributed by atoms with van der Waals surface area (Å²) in [7, 11) is 1.70. The normalized spacial score (nSPS) is 13.8. The Morgan fingerprint density at radius 3 is 2.47 bits per heavy atom. The van der Waals surface area contributed by atoms with E-state index >= 15 is 0 Å². The number of hydrogen-bond donors (Lipinski definition) is 1. The Labute approximate surface area is 209 Å². The third kappa shape index (κ3) is 4.52. The summed E-state index contributed by atoms with van der Waals surface area (Å²) in [5.74, 6) is 0.130. The van der Waals surface area contributed by atoms with E-state index in [0.717, 1.165) is 52.1 Å². The molecular formula is C29H28N4O3. The molecule has 0 fully saturated rings. The zero-order chi connectivity index (χ0) is 25.2. The number of fused-ring (bicyclic) bond motifs is 1. The number of carboxylic acids is 1. The topological polar surface area (TPSA) is 87.8 Å². The maximum Gasteiger partial charge on any atom is 0.336 e. The van der Waals surface area contributed by atoms with Crippen molar-refractivity contribution in [2.45, 2.75) is 39.2 Å². The molecule has 1 aliphatic rings. The van der Waals surface area contributed by atoms with Crippen molar-refractivity contribution >= 4 is 28.6 Å². The number of hydrogen-bond acceptors (Lipinski definition) is 4. The molecule has 0 spiro atoms. The second-order valence-electron chi connectivity index (χ2n) is 9.08. The lowest BCUT2D eigenvalue weighted by molar-refractivity contribution is -0.130. The number of carboxylic acid groups (broad SMARTS) is 1. The fraction of sp³-hybridized carbons (Fsp3) is 0.241. The van der Waals surface area contributed by atoms with Crippen molar-refractivity contribution in [1.29, 1.82) is 0 Å². The maximum absolute atomic E-state index is 11.9. The molecule has 36 heavy (non-hydrogen) atoms. The van der Waals surface area contributed by atoms with E-state index in [1.165, 1.54) is 5.01 Å². The Hall–Kier alpha value is -4.26. The fourth-order valence-electron chi connectivity index (χ4n) is 4.71. The highest BCUT2D eigenvalue weighted by atomic mass is 16.4. The van der Waals surface area contributed by atoms with Gasteiger partial charge in [-0.1, -0.05) is 55.5 Å². The van der Waals surface area contributed by atoms with Crippen LogP contribution in [0.5, 0.6) is 0 Å². The van der Waals surface area contributed by atoms with Gasteiger partial charge in [-0.15, -0.1) is 0 Å². The number of nitrogens with zero attached hydrogens (tertiary/aromatic N) is 4. The van der Waals surface area contributed by atoms with Crippen LogP contribution in [0.15, 0.2) is 71.8 Å². The third-order valence-electron chi connectivity index (χ3n) is 6.60. The van der Waals surface area contributed by atoms with Gasteiger partial charge in [-0.3, -0.25) is 4.79 Å². The number of hydrazone groups is 1. The van der Waals surface area contributed by atoms with E-state index in [9.17, 15) is 14.7 Å². The minimum atomic E-state index is -0.933. The Morgan fingerprint density at radius 2 is 1.75 bits per heavy atom. The number of imidazole rings is 1. The van der Waals surface area contributed by atoms with Gasteiger partial charge < -0.3 is 9.67 Å². The Bertz CT molecular complexity index is 1480. The highest BCUT2D eigenvalue weighted by Crippen LogP contribution is 2.26. The predicted octanol–water partition coefficient (Wildman–Crippen LogP) is 5.36. The molecule has 7 heteroatoms.